The van der Waals surface area contributed by atoms with Gasteiger partial charge in [0, 0.05) is 18.2 Å². The Morgan fingerprint density at radius 2 is 2.15 bits per heavy atom. The van der Waals surface area contributed by atoms with Gasteiger partial charge in [-0.15, -0.1) is 0 Å². The van der Waals surface area contributed by atoms with E-state index in [1.165, 1.54) is 43.9 Å². The monoisotopic (exact) mass is 275 g/mol. The lowest BCUT2D eigenvalue weighted by molar-refractivity contribution is -0.384. The summed E-state index contributed by atoms with van der Waals surface area (Å²) in [5.41, 5.74) is 6.22. The summed E-state index contributed by atoms with van der Waals surface area (Å²) in [6, 6.07) is 4.20. The number of nitrogens with one attached hydrogen (secondary N) is 1. The predicted octanol–water partition coefficient (Wildman–Crippen LogP) is 2.30. The van der Waals surface area contributed by atoms with Gasteiger partial charge in [0.15, 0.2) is 0 Å². The van der Waals surface area contributed by atoms with E-state index in [-0.39, 0.29) is 11.3 Å². The first-order valence-electron chi connectivity index (χ1n) is 6.84. The van der Waals surface area contributed by atoms with Crippen LogP contribution in [0.1, 0.15) is 36.0 Å². The van der Waals surface area contributed by atoms with Gasteiger partial charge in [0.2, 0.25) is 5.91 Å². The summed E-state index contributed by atoms with van der Waals surface area (Å²) >= 11 is 0. The standard InChI is InChI=1S/C14H17N3O3/c15-13(18)9-1-4-12(17(19)20)11(7-9)16-8-14(5-6-14)10-2-3-10/h1,4,7,10,16H,2-3,5-6,8H2,(H2,15,18). The third-order valence-corrected chi connectivity index (χ3v) is 4.44. The van der Waals surface area contributed by atoms with Crippen molar-refractivity contribution in [3.05, 3.63) is 33.9 Å². The molecule has 1 aromatic carbocycles. The van der Waals surface area contributed by atoms with Gasteiger partial charge in [0.05, 0.1) is 4.92 Å². The average molecular weight is 275 g/mol. The second kappa shape index (κ2) is 4.47. The fraction of sp³-hybridized carbons (Fsp3) is 0.500. The minimum absolute atomic E-state index is 0.0124. The van der Waals surface area contributed by atoms with Crippen molar-refractivity contribution in [2.75, 3.05) is 11.9 Å². The van der Waals surface area contributed by atoms with Crippen LogP contribution < -0.4 is 11.1 Å². The van der Waals surface area contributed by atoms with E-state index in [9.17, 15) is 14.9 Å². The van der Waals surface area contributed by atoms with Crippen LogP contribution in [-0.2, 0) is 0 Å². The molecule has 2 aliphatic rings. The topological polar surface area (TPSA) is 98.3 Å². The Labute approximate surface area is 116 Å². The van der Waals surface area contributed by atoms with Crippen LogP contribution in [0.5, 0.6) is 0 Å². The van der Waals surface area contributed by atoms with Gasteiger partial charge >= 0.3 is 0 Å². The van der Waals surface area contributed by atoms with Gasteiger partial charge in [-0.3, -0.25) is 14.9 Å². The quantitative estimate of drug-likeness (QED) is 0.614. The second-order valence-electron chi connectivity index (χ2n) is 5.84. The number of anilines is 1. The summed E-state index contributed by atoms with van der Waals surface area (Å²) in [5.74, 6) is 0.194. The number of nitrogens with zero attached hydrogens (tertiary/aromatic N) is 1. The molecule has 0 saturated heterocycles. The Morgan fingerprint density at radius 3 is 2.65 bits per heavy atom. The van der Waals surface area contributed by atoms with E-state index in [1.807, 2.05) is 0 Å². The second-order valence-corrected chi connectivity index (χ2v) is 5.84. The molecule has 0 aliphatic heterocycles. The number of nitrogens with two attached hydrogens (primary N) is 1. The number of benzene rings is 1. The molecule has 106 valence electrons. The number of nitro groups is 1. The minimum Gasteiger partial charge on any atom is -0.379 e. The molecule has 0 unspecified atom stereocenters. The number of hydrogen-bond acceptors (Lipinski definition) is 4. The van der Waals surface area contributed by atoms with Crippen LogP contribution in [0.2, 0.25) is 0 Å². The first-order chi connectivity index (χ1) is 9.52. The van der Waals surface area contributed by atoms with E-state index >= 15 is 0 Å². The molecule has 2 aliphatic carbocycles. The molecule has 3 N–H and O–H groups in total. The van der Waals surface area contributed by atoms with Crippen molar-refractivity contribution >= 4 is 17.3 Å². The van der Waals surface area contributed by atoms with Gasteiger partial charge in [0.1, 0.15) is 5.69 Å². The fourth-order valence-electron chi connectivity index (χ4n) is 2.85. The van der Waals surface area contributed by atoms with E-state index < -0.39 is 10.8 Å². The van der Waals surface area contributed by atoms with Crippen LogP contribution in [0.15, 0.2) is 18.2 Å². The molecule has 6 nitrogen and oxygen atoms in total. The smallest absolute Gasteiger partial charge is 0.292 e. The summed E-state index contributed by atoms with van der Waals surface area (Å²) in [6.45, 7) is 0.737. The van der Waals surface area contributed by atoms with Crippen LogP contribution >= 0.6 is 0 Å². The maximum atomic E-state index is 11.2. The Balaban J connectivity index is 1.80. The van der Waals surface area contributed by atoms with E-state index in [4.69, 9.17) is 5.73 Å². The van der Waals surface area contributed by atoms with Crippen LogP contribution in [0.4, 0.5) is 11.4 Å². The van der Waals surface area contributed by atoms with E-state index in [0.717, 1.165) is 12.5 Å². The first-order valence-corrected chi connectivity index (χ1v) is 6.84. The highest BCUT2D eigenvalue weighted by molar-refractivity contribution is 5.94. The molecular formula is C14H17N3O3. The average Bonchev–Trinajstić information content (AvgIpc) is 3.27. The number of nitro benzene ring substituents is 1. The number of hydrogen-bond donors (Lipinski definition) is 2. The van der Waals surface area contributed by atoms with Crippen molar-refractivity contribution in [2.45, 2.75) is 25.7 Å². The summed E-state index contributed by atoms with van der Waals surface area (Å²) in [7, 11) is 0. The number of amides is 1. The van der Waals surface area contributed by atoms with Gasteiger partial charge < -0.3 is 11.1 Å². The number of carbonyl (C=O) groups excluding carboxylic acids is 1. The molecular weight excluding hydrogens is 258 g/mol. The van der Waals surface area contributed by atoms with Crippen LogP contribution in [-0.4, -0.2) is 17.4 Å². The molecule has 3 rings (SSSR count). The lowest BCUT2D eigenvalue weighted by atomic mass is 10.0. The van der Waals surface area contributed by atoms with Gasteiger partial charge in [-0.1, -0.05) is 0 Å². The zero-order chi connectivity index (χ0) is 14.3. The molecule has 1 amide bonds. The van der Waals surface area contributed by atoms with Gasteiger partial charge in [-0.25, -0.2) is 0 Å². The molecule has 2 saturated carbocycles. The number of carbonyl (C=O) groups is 1. The van der Waals surface area contributed by atoms with Crippen molar-refractivity contribution < 1.29 is 9.72 Å². The molecule has 1 aromatic rings. The molecule has 0 heterocycles. The SMILES string of the molecule is NC(=O)c1ccc([N+](=O)[O-])c(NCC2(C3CC3)CC2)c1. The van der Waals surface area contributed by atoms with Crippen LogP contribution in [0.25, 0.3) is 0 Å². The Kier molecular flexibility index (Phi) is 2.88. The van der Waals surface area contributed by atoms with Crippen molar-refractivity contribution in [2.24, 2.45) is 17.1 Å². The molecule has 0 spiro atoms. The fourth-order valence-corrected chi connectivity index (χ4v) is 2.85. The highest BCUT2D eigenvalue weighted by Crippen LogP contribution is 2.61. The Hall–Kier alpha value is -2.11. The molecule has 2 fully saturated rings. The lowest BCUT2D eigenvalue weighted by Gasteiger charge is -2.16. The minimum atomic E-state index is -0.578. The largest absolute Gasteiger partial charge is 0.379 e. The summed E-state index contributed by atoms with van der Waals surface area (Å²) in [6.07, 6.45) is 4.91. The Bertz CT molecular complexity index is 577. The first kappa shape index (κ1) is 12.9. The van der Waals surface area contributed by atoms with Gasteiger partial charge in [-0.2, -0.15) is 0 Å². The summed E-state index contributed by atoms with van der Waals surface area (Å²) < 4.78 is 0. The van der Waals surface area contributed by atoms with Crippen LogP contribution in [0.3, 0.4) is 0 Å². The zero-order valence-electron chi connectivity index (χ0n) is 11.1. The molecule has 0 atom stereocenters. The Morgan fingerprint density at radius 1 is 1.45 bits per heavy atom. The summed E-state index contributed by atoms with van der Waals surface area (Å²) in [5, 5.41) is 14.2. The molecule has 6 heteroatoms. The van der Waals surface area contributed by atoms with E-state index in [0.29, 0.717) is 11.1 Å². The molecule has 0 radical (unpaired) electrons. The van der Waals surface area contributed by atoms with Crippen molar-refractivity contribution in [1.82, 2.24) is 0 Å². The van der Waals surface area contributed by atoms with Crippen LogP contribution in [0, 0.1) is 21.4 Å². The third kappa shape index (κ3) is 2.33. The third-order valence-electron chi connectivity index (χ3n) is 4.44. The molecule has 0 bridgehead atoms. The molecule has 0 aromatic heterocycles. The van der Waals surface area contributed by atoms with Crippen molar-refractivity contribution in [3.63, 3.8) is 0 Å². The maximum Gasteiger partial charge on any atom is 0.292 e. The van der Waals surface area contributed by atoms with E-state index in [1.54, 1.807) is 0 Å². The predicted molar refractivity (Wildman–Crippen MR) is 74.5 cm³/mol. The normalized spacial score (nSPS) is 19.4. The summed E-state index contributed by atoms with van der Waals surface area (Å²) in [4.78, 5) is 21.8. The van der Waals surface area contributed by atoms with Crippen molar-refractivity contribution in [3.8, 4) is 0 Å². The molecule has 20 heavy (non-hydrogen) atoms. The van der Waals surface area contributed by atoms with Gasteiger partial charge in [-0.05, 0) is 49.1 Å². The van der Waals surface area contributed by atoms with Gasteiger partial charge in [0.25, 0.3) is 5.69 Å². The maximum absolute atomic E-state index is 11.2. The van der Waals surface area contributed by atoms with E-state index in [2.05, 4.69) is 5.32 Å². The highest BCUT2D eigenvalue weighted by Gasteiger charge is 2.53. The lowest BCUT2D eigenvalue weighted by Crippen LogP contribution is -2.18. The number of rotatable bonds is 6. The van der Waals surface area contributed by atoms with Crippen molar-refractivity contribution in [1.29, 1.82) is 0 Å². The number of primary amides is 1. The zero-order valence-corrected chi connectivity index (χ0v) is 11.1. The highest BCUT2D eigenvalue weighted by atomic mass is 16.6.